The minimum absolute atomic E-state index is 0.117. The number of hydrogen-bond acceptors (Lipinski definition) is 5. The van der Waals surface area contributed by atoms with Crippen LogP contribution in [0, 0.1) is 6.92 Å². The fourth-order valence-corrected chi connectivity index (χ4v) is 3.50. The number of benzene rings is 1. The minimum Gasteiger partial charge on any atom is -0.356 e. The van der Waals surface area contributed by atoms with Gasteiger partial charge in [-0.25, -0.2) is 4.98 Å². The average molecular weight is 412 g/mol. The van der Waals surface area contributed by atoms with Gasteiger partial charge in [-0.1, -0.05) is 12.1 Å². The van der Waals surface area contributed by atoms with Crippen LogP contribution >= 0.6 is 11.3 Å². The highest BCUT2D eigenvalue weighted by atomic mass is 32.1. The summed E-state index contributed by atoms with van der Waals surface area (Å²) in [6.45, 7) is 3.60. The summed E-state index contributed by atoms with van der Waals surface area (Å²) in [5, 5.41) is 14.6. The molecule has 0 radical (unpaired) electrons. The largest absolute Gasteiger partial charge is 0.356 e. The molecule has 0 unspecified atom stereocenters. The molecule has 29 heavy (non-hydrogen) atoms. The van der Waals surface area contributed by atoms with Crippen molar-refractivity contribution < 1.29 is 4.79 Å². The molecule has 0 aliphatic heterocycles. The Morgan fingerprint density at radius 1 is 1.28 bits per heavy atom. The van der Waals surface area contributed by atoms with Gasteiger partial charge in [0.15, 0.2) is 5.96 Å². The Hall–Kier alpha value is -3.20. The zero-order valence-corrected chi connectivity index (χ0v) is 17.4. The highest BCUT2D eigenvalue weighted by molar-refractivity contribution is 7.11. The lowest BCUT2D eigenvalue weighted by Crippen LogP contribution is -2.37. The Balaban J connectivity index is 1.45. The van der Waals surface area contributed by atoms with Gasteiger partial charge >= 0.3 is 0 Å². The molecule has 3 N–H and O–H groups in total. The number of amides is 1. The Morgan fingerprint density at radius 2 is 2.17 bits per heavy atom. The number of aliphatic imine (C=N–C) groups is 1. The lowest BCUT2D eigenvalue weighted by atomic mass is 10.2. The number of guanidine groups is 1. The van der Waals surface area contributed by atoms with Crippen molar-refractivity contribution in [1.29, 1.82) is 0 Å². The third-order valence-corrected chi connectivity index (χ3v) is 5.03. The number of anilines is 1. The van der Waals surface area contributed by atoms with Crippen molar-refractivity contribution in [2.24, 2.45) is 4.99 Å². The maximum atomic E-state index is 12.1. The number of thiazole rings is 1. The first-order valence-electron chi connectivity index (χ1n) is 9.34. The standard InChI is InChI=1S/C20H25N7OS/c1-15-12-23-19(29-15)7-9-22-20(21-2)24-13-16-5-3-6-17(11-16)26-18(28)14-27-10-4-8-25-27/h3-6,8,10-12H,7,9,13-14H2,1-2H3,(H,26,28)(H2,21,22,24). The Kier molecular flexibility index (Phi) is 7.34. The van der Waals surface area contributed by atoms with E-state index in [1.807, 2.05) is 30.5 Å². The van der Waals surface area contributed by atoms with Crippen LogP contribution < -0.4 is 16.0 Å². The predicted molar refractivity (Wildman–Crippen MR) is 116 cm³/mol. The zero-order valence-electron chi connectivity index (χ0n) is 16.6. The first-order chi connectivity index (χ1) is 14.1. The van der Waals surface area contributed by atoms with Crippen LogP contribution in [-0.2, 0) is 24.3 Å². The molecule has 1 aromatic carbocycles. The van der Waals surface area contributed by atoms with Crippen LogP contribution in [0.15, 0.2) is 53.9 Å². The molecule has 0 saturated heterocycles. The number of nitrogens with zero attached hydrogens (tertiary/aromatic N) is 4. The first kappa shape index (κ1) is 20.5. The van der Waals surface area contributed by atoms with Gasteiger partial charge in [-0.3, -0.25) is 14.5 Å². The lowest BCUT2D eigenvalue weighted by molar-refractivity contribution is -0.116. The van der Waals surface area contributed by atoms with Crippen LogP contribution in [0.3, 0.4) is 0 Å². The van der Waals surface area contributed by atoms with Crippen molar-refractivity contribution in [2.75, 3.05) is 18.9 Å². The van der Waals surface area contributed by atoms with E-state index in [0.29, 0.717) is 6.54 Å². The van der Waals surface area contributed by atoms with E-state index < -0.39 is 0 Å². The van der Waals surface area contributed by atoms with Crippen LogP contribution in [0.25, 0.3) is 0 Å². The predicted octanol–water partition coefficient (Wildman–Crippen LogP) is 2.19. The fraction of sp³-hybridized carbons (Fsp3) is 0.300. The molecule has 3 aromatic rings. The van der Waals surface area contributed by atoms with Gasteiger partial charge in [0.2, 0.25) is 5.91 Å². The van der Waals surface area contributed by atoms with Crippen LogP contribution in [0.2, 0.25) is 0 Å². The van der Waals surface area contributed by atoms with Crippen molar-refractivity contribution >= 4 is 28.9 Å². The number of carbonyl (C=O) groups excluding carboxylic acids is 1. The number of hydrogen-bond donors (Lipinski definition) is 3. The average Bonchev–Trinajstić information content (AvgIpc) is 3.36. The van der Waals surface area contributed by atoms with Crippen molar-refractivity contribution in [3.05, 3.63) is 64.4 Å². The molecule has 0 fully saturated rings. The van der Waals surface area contributed by atoms with E-state index in [2.05, 4.69) is 37.9 Å². The molecule has 2 heterocycles. The van der Waals surface area contributed by atoms with Crippen LogP contribution in [0.5, 0.6) is 0 Å². The van der Waals surface area contributed by atoms with E-state index in [1.165, 1.54) is 4.88 Å². The highest BCUT2D eigenvalue weighted by Gasteiger charge is 2.05. The van der Waals surface area contributed by atoms with E-state index in [9.17, 15) is 4.79 Å². The van der Waals surface area contributed by atoms with Gasteiger partial charge in [-0.05, 0) is 30.7 Å². The van der Waals surface area contributed by atoms with Gasteiger partial charge < -0.3 is 16.0 Å². The normalized spacial score (nSPS) is 11.3. The smallest absolute Gasteiger partial charge is 0.246 e. The molecular formula is C20H25N7OS. The summed E-state index contributed by atoms with van der Waals surface area (Å²) in [6.07, 6.45) is 6.16. The molecule has 0 spiro atoms. The van der Waals surface area contributed by atoms with Crippen molar-refractivity contribution in [1.82, 2.24) is 25.4 Å². The van der Waals surface area contributed by atoms with Gasteiger partial charge in [-0.15, -0.1) is 11.3 Å². The number of aromatic nitrogens is 3. The maximum absolute atomic E-state index is 12.1. The summed E-state index contributed by atoms with van der Waals surface area (Å²) in [5.41, 5.74) is 1.80. The lowest BCUT2D eigenvalue weighted by Gasteiger charge is -2.12. The summed E-state index contributed by atoms with van der Waals surface area (Å²) in [6, 6.07) is 9.52. The van der Waals surface area contributed by atoms with E-state index in [4.69, 9.17) is 0 Å². The van der Waals surface area contributed by atoms with Gasteiger partial charge in [-0.2, -0.15) is 5.10 Å². The van der Waals surface area contributed by atoms with Crippen LogP contribution in [-0.4, -0.2) is 40.2 Å². The zero-order chi connectivity index (χ0) is 20.5. The fourth-order valence-electron chi connectivity index (χ4n) is 2.71. The van der Waals surface area contributed by atoms with Crippen molar-refractivity contribution in [2.45, 2.75) is 26.4 Å². The van der Waals surface area contributed by atoms with Gasteiger partial charge in [0.1, 0.15) is 6.54 Å². The Morgan fingerprint density at radius 3 is 2.90 bits per heavy atom. The molecule has 9 heteroatoms. The third kappa shape index (κ3) is 6.72. The second kappa shape index (κ2) is 10.4. The molecule has 0 atom stereocenters. The number of aryl methyl sites for hydroxylation is 1. The van der Waals surface area contributed by atoms with Gasteiger partial charge in [0, 0.05) is 55.7 Å². The van der Waals surface area contributed by atoms with Crippen LogP contribution in [0.4, 0.5) is 5.69 Å². The summed E-state index contributed by atoms with van der Waals surface area (Å²) in [4.78, 5) is 22.0. The minimum atomic E-state index is -0.117. The van der Waals surface area contributed by atoms with E-state index >= 15 is 0 Å². The molecule has 152 valence electrons. The SMILES string of the molecule is CN=C(NCCc1ncc(C)s1)NCc1cccc(NC(=O)Cn2cccn2)c1. The maximum Gasteiger partial charge on any atom is 0.246 e. The second-order valence-corrected chi connectivity index (χ2v) is 7.74. The Bertz CT molecular complexity index is 949. The molecule has 1 amide bonds. The summed E-state index contributed by atoms with van der Waals surface area (Å²) >= 11 is 1.71. The van der Waals surface area contributed by atoms with Crippen molar-refractivity contribution in [3.63, 3.8) is 0 Å². The molecule has 0 aliphatic carbocycles. The number of rotatable bonds is 8. The number of nitrogens with one attached hydrogen (secondary N) is 3. The molecule has 0 bridgehead atoms. The van der Waals surface area contributed by atoms with E-state index in [-0.39, 0.29) is 12.5 Å². The van der Waals surface area contributed by atoms with Crippen molar-refractivity contribution in [3.8, 4) is 0 Å². The summed E-state index contributed by atoms with van der Waals surface area (Å²) in [7, 11) is 1.74. The molecule has 2 aromatic heterocycles. The van der Waals surface area contributed by atoms with E-state index in [1.54, 1.807) is 41.5 Å². The number of carbonyl (C=O) groups is 1. The Labute approximate surface area is 174 Å². The molecule has 0 aliphatic rings. The quantitative estimate of drug-likeness (QED) is 0.390. The molecule has 0 saturated carbocycles. The molecule has 3 rings (SSSR count). The van der Waals surface area contributed by atoms with Gasteiger partial charge in [0.25, 0.3) is 0 Å². The second-order valence-electron chi connectivity index (χ2n) is 6.42. The summed E-state index contributed by atoms with van der Waals surface area (Å²) < 4.78 is 1.59. The third-order valence-electron chi connectivity index (χ3n) is 4.06. The van der Waals surface area contributed by atoms with Gasteiger partial charge in [0.05, 0.1) is 5.01 Å². The first-order valence-corrected chi connectivity index (χ1v) is 10.2. The highest BCUT2D eigenvalue weighted by Crippen LogP contribution is 2.12. The van der Waals surface area contributed by atoms with Crippen LogP contribution in [0.1, 0.15) is 15.4 Å². The summed E-state index contributed by atoms with van der Waals surface area (Å²) in [5.74, 6) is 0.611. The van der Waals surface area contributed by atoms with E-state index in [0.717, 1.165) is 35.2 Å². The topological polar surface area (TPSA) is 96.2 Å². The monoisotopic (exact) mass is 411 g/mol. The molecule has 8 nitrogen and oxygen atoms in total. The molecular weight excluding hydrogens is 386 g/mol.